The summed E-state index contributed by atoms with van der Waals surface area (Å²) in [5, 5.41) is 3.16. The highest BCUT2D eigenvalue weighted by Gasteiger charge is 2.10. The lowest BCUT2D eigenvalue weighted by Gasteiger charge is -2.02. The van der Waals surface area contributed by atoms with Crippen molar-refractivity contribution in [3.8, 4) is 5.75 Å². The van der Waals surface area contributed by atoms with Crippen molar-refractivity contribution in [1.82, 2.24) is 0 Å². The first-order valence-electron chi connectivity index (χ1n) is 4.25. The van der Waals surface area contributed by atoms with E-state index >= 15 is 0 Å². The molecule has 0 aliphatic rings. The van der Waals surface area contributed by atoms with E-state index in [0.717, 1.165) is 20.5 Å². The van der Waals surface area contributed by atoms with E-state index in [1.807, 2.05) is 24.4 Å². The van der Waals surface area contributed by atoms with Gasteiger partial charge in [0.2, 0.25) is 0 Å². The van der Waals surface area contributed by atoms with Crippen LogP contribution >= 0.6 is 39.9 Å². The van der Waals surface area contributed by atoms with Gasteiger partial charge in [0.05, 0.1) is 11.3 Å². The van der Waals surface area contributed by atoms with Crippen LogP contribution in [-0.4, -0.2) is 6.61 Å². The summed E-state index contributed by atoms with van der Waals surface area (Å²) in [7, 11) is 0. The molecule has 0 amide bonds. The van der Waals surface area contributed by atoms with Gasteiger partial charge >= 0.3 is 0 Å². The molecule has 1 aromatic heterocycles. The van der Waals surface area contributed by atoms with Crippen molar-refractivity contribution in [1.29, 1.82) is 0 Å². The molecule has 2 rings (SSSR count). The normalized spacial score (nSPS) is 10.8. The van der Waals surface area contributed by atoms with E-state index in [9.17, 15) is 0 Å². The molecule has 0 saturated heterocycles. The van der Waals surface area contributed by atoms with E-state index < -0.39 is 0 Å². The molecule has 1 heterocycles. The summed E-state index contributed by atoms with van der Waals surface area (Å²) in [6, 6.07) is 3.99. The van der Waals surface area contributed by atoms with Crippen LogP contribution in [-0.2, 0) is 0 Å². The zero-order chi connectivity index (χ0) is 10.1. The molecule has 74 valence electrons. The third-order valence-electron chi connectivity index (χ3n) is 1.92. The van der Waals surface area contributed by atoms with E-state index in [1.54, 1.807) is 11.3 Å². The number of hydrogen-bond donors (Lipinski definition) is 1. The minimum atomic E-state index is 0.690. The summed E-state index contributed by atoms with van der Waals surface area (Å²) < 4.78 is 7.78. The number of thiophene rings is 1. The first-order chi connectivity index (χ1) is 6.74. The van der Waals surface area contributed by atoms with Crippen LogP contribution < -0.4 is 4.74 Å². The Labute approximate surface area is 101 Å². The van der Waals surface area contributed by atoms with Gasteiger partial charge in [-0.25, -0.2) is 0 Å². The minimum absolute atomic E-state index is 0.690. The van der Waals surface area contributed by atoms with E-state index in [-0.39, 0.29) is 0 Å². The molecule has 1 nitrogen and oxygen atoms in total. The molecule has 4 heteroatoms. The second-order valence-corrected chi connectivity index (χ2v) is 5.02. The molecular weight excluding hydrogens is 280 g/mol. The molecule has 0 saturated carbocycles. The fourth-order valence-electron chi connectivity index (χ4n) is 1.33. The highest BCUT2D eigenvalue weighted by atomic mass is 79.9. The van der Waals surface area contributed by atoms with Gasteiger partial charge in [-0.15, -0.1) is 24.0 Å². The maximum atomic E-state index is 5.54. The third-order valence-corrected chi connectivity index (χ3v) is 4.09. The summed E-state index contributed by atoms with van der Waals surface area (Å²) in [6.07, 6.45) is 0. The summed E-state index contributed by atoms with van der Waals surface area (Å²) in [5.41, 5.74) is 0. The van der Waals surface area contributed by atoms with E-state index in [2.05, 4.69) is 28.6 Å². The van der Waals surface area contributed by atoms with Crippen LogP contribution in [0.2, 0.25) is 0 Å². The lowest BCUT2D eigenvalue weighted by atomic mass is 10.2. The van der Waals surface area contributed by atoms with Crippen LogP contribution in [0.4, 0.5) is 0 Å². The Bertz CT molecular complexity index is 464. The molecule has 0 radical (unpaired) electrons. The van der Waals surface area contributed by atoms with Crippen molar-refractivity contribution in [2.75, 3.05) is 6.61 Å². The van der Waals surface area contributed by atoms with Gasteiger partial charge in [0, 0.05) is 20.1 Å². The number of ether oxygens (including phenoxy) is 1. The second kappa shape index (κ2) is 4.13. The molecule has 0 fully saturated rings. The Balaban J connectivity index is 2.70. The van der Waals surface area contributed by atoms with Crippen molar-refractivity contribution < 1.29 is 4.74 Å². The summed E-state index contributed by atoms with van der Waals surface area (Å²) in [4.78, 5) is 0.999. The molecule has 2 aromatic rings. The molecule has 0 bridgehead atoms. The number of thiol groups is 1. The highest BCUT2D eigenvalue weighted by molar-refractivity contribution is 9.10. The maximum absolute atomic E-state index is 5.54. The van der Waals surface area contributed by atoms with Gasteiger partial charge in [-0.1, -0.05) is 0 Å². The number of halogens is 1. The van der Waals surface area contributed by atoms with Gasteiger partial charge in [-0.3, -0.25) is 0 Å². The quantitative estimate of drug-likeness (QED) is 0.809. The topological polar surface area (TPSA) is 9.23 Å². The second-order valence-electron chi connectivity index (χ2n) is 2.80. The summed E-state index contributed by atoms with van der Waals surface area (Å²) >= 11 is 9.60. The number of hydrogen-bond acceptors (Lipinski definition) is 3. The zero-order valence-electron chi connectivity index (χ0n) is 7.58. The molecule has 0 aliphatic heterocycles. The van der Waals surface area contributed by atoms with Gasteiger partial charge in [0.25, 0.3) is 0 Å². The first-order valence-corrected chi connectivity index (χ1v) is 6.37. The molecule has 0 N–H and O–H groups in total. The van der Waals surface area contributed by atoms with Gasteiger partial charge in [-0.05, 0) is 35.0 Å². The predicted molar refractivity (Wildman–Crippen MR) is 67.9 cm³/mol. The van der Waals surface area contributed by atoms with Crippen LogP contribution in [0, 0.1) is 0 Å². The van der Waals surface area contributed by atoms with Crippen LogP contribution in [0.25, 0.3) is 10.1 Å². The summed E-state index contributed by atoms with van der Waals surface area (Å²) in [6.45, 7) is 2.68. The maximum Gasteiger partial charge on any atom is 0.138 e. The first kappa shape index (κ1) is 10.3. The van der Waals surface area contributed by atoms with Crippen molar-refractivity contribution in [2.45, 2.75) is 11.8 Å². The van der Waals surface area contributed by atoms with Gasteiger partial charge in [0.15, 0.2) is 0 Å². The van der Waals surface area contributed by atoms with Crippen LogP contribution in [0.1, 0.15) is 6.92 Å². The molecule has 14 heavy (non-hydrogen) atoms. The fourth-order valence-corrected chi connectivity index (χ4v) is 3.26. The minimum Gasteiger partial charge on any atom is -0.492 e. The van der Waals surface area contributed by atoms with Crippen molar-refractivity contribution in [3.05, 3.63) is 22.0 Å². The van der Waals surface area contributed by atoms with Gasteiger partial charge in [-0.2, -0.15) is 0 Å². The molecule has 0 aliphatic carbocycles. The molecular formula is C10H9BrOS2. The third kappa shape index (κ3) is 1.66. The van der Waals surface area contributed by atoms with Crippen molar-refractivity contribution in [2.24, 2.45) is 0 Å². The van der Waals surface area contributed by atoms with Gasteiger partial charge in [0.1, 0.15) is 5.75 Å². The fraction of sp³-hybridized carbons (Fsp3) is 0.200. The number of benzene rings is 1. The smallest absolute Gasteiger partial charge is 0.138 e. The van der Waals surface area contributed by atoms with E-state index in [0.29, 0.717) is 6.61 Å². The summed E-state index contributed by atoms with van der Waals surface area (Å²) in [5.74, 6) is 0.940. The van der Waals surface area contributed by atoms with Crippen LogP contribution in [0.5, 0.6) is 5.75 Å². The van der Waals surface area contributed by atoms with Gasteiger partial charge < -0.3 is 4.74 Å². The Kier molecular flexibility index (Phi) is 3.04. The SMILES string of the molecule is CCOc1csc2c(S)ccc(Br)c12. The van der Waals surface area contributed by atoms with Crippen molar-refractivity contribution >= 4 is 50.0 Å². The standard InChI is InChI=1S/C10H9BrOS2/c1-2-12-7-5-14-10-8(13)4-3-6(11)9(7)10/h3-5,13H,2H2,1H3. The Morgan fingerprint density at radius 1 is 1.50 bits per heavy atom. The highest BCUT2D eigenvalue weighted by Crippen LogP contribution is 2.40. The van der Waals surface area contributed by atoms with E-state index in [1.165, 1.54) is 4.70 Å². The zero-order valence-corrected chi connectivity index (χ0v) is 10.9. The number of fused-ring (bicyclic) bond motifs is 1. The van der Waals surface area contributed by atoms with E-state index in [4.69, 9.17) is 4.74 Å². The molecule has 0 spiro atoms. The Morgan fingerprint density at radius 2 is 2.29 bits per heavy atom. The number of rotatable bonds is 2. The average molecular weight is 289 g/mol. The average Bonchev–Trinajstić information content (AvgIpc) is 2.58. The molecule has 0 unspecified atom stereocenters. The van der Waals surface area contributed by atoms with Crippen molar-refractivity contribution in [3.63, 3.8) is 0 Å². The Morgan fingerprint density at radius 3 is 3.00 bits per heavy atom. The lowest BCUT2D eigenvalue weighted by molar-refractivity contribution is 0.345. The Hall–Kier alpha value is -0.190. The lowest BCUT2D eigenvalue weighted by Crippen LogP contribution is -1.89. The largest absolute Gasteiger partial charge is 0.492 e. The molecule has 0 atom stereocenters. The monoisotopic (exact) mass is 288 g/mol. The molecule has 1 aromatic carbocycles. The predicted octanol–water partition coefficient (Wildman–Crippen LogP) is 4.35. The van der Waals surface area contributed by atoms with Crippen LogP contribution in [0.15, 0.2) is 26.9 Å². The van der Waals surface area contributed by atoms with Crippen LogP contribution in [0.3, 0.4) is 0 Å².